The van der Waals surface area contributed by atoms with Gasteiger partial charge in [0.2, 0.25) is 0 Å². The van der Waals surface area contributed by atoms with Crippen LogP contribution in [0, 0.1) is 0 Å². The van der Waals surface area contributed by atoms with Crippen LogP contribution in [0.15, 0.2) is 18.2 Å². The maximum atomic E-state index is 5.36. The molecule has 3 heteroatoms. The molecule has 0 aliphatic carbocycles. The SMILES string of the molecule is CCc1cc(N(C)CCCCNC)ccc1OC. The van der Waals surface area contributed by atoms with Gasteiger partial charge in [-0.15, -0.1) is 0 Å². The van der Waals surface area contributed by atoms with Crippen LogP contribution in [-0.2, 0) is 6.42 Å². The number of methoxy groups -OCH3 is 1. The number of benzene rings is 1. The summed E-state index contributed by atoms with van der Waals surface area (Å²) in [7, 11) is 5.89. The number of anilines is 1. The summed E-state index contributed by atoms with van der Waals surface area (Å²) >= 11 is 0. The fourth-order valence-electron chi connectivity index (χ4n) is 2.06. The van der Waals surface area contributed by atoms with E-state index in [9.17, 15) is 0 Å². The van der Waals surface area contributed by atoms with Crippen LogP contribution in [-0.4, -0.2) is 34.3 Å². The Balaban J connectivity index is 2.59. The predicted molar refractivity (Wildman–Crippen MR) is 78.8 cm³/mol. The van der Waals surface area contributed by atoms with Crippen molar-refractivity contribution >= 4 is 5.69 Å². The van der Waals surface area contributed by atoms with Crippen molar-refractivity contribution in [1.29, 1.82) is 0 Å². The number of rotatable bonds is 8. The third kappa shape index (κ3) is 4.22. The highest BCUT2D eigenvalue weighted by Gasteiger charge is 2.05. The van der Waals surface area contributed by atoms with Gasteiger partial charge in [-0.05, 0) is 56.6 Å². The van der Waals surface area contributed by atoms with Gasteiger partial charge in [0.25, 0.3) is 0 Å². The first-order valence-electron chi connectivity index (χ1n) is 6.75. The third-order valence-electron chi connectivity index (χ3n) is 3.26. The minimum atomic E-state index is 0.991. The van der Waals surface area contributed by atoms with E-state index in [4.69, 9.17) is 4.74 Å². The Hall–Kier alpha value is -1.22. The third-order valence-corrected chi connectivity index (χ3v) is 3.26. The molecule has 0 spiro atoms. The highest BCUT2D eigenvalue weighted by molar-refractivity contribution is 5.52. The van der Waals surface area contributed by atoms with Gasteiger partial charge in [-0.2, -0.15) is 0 Å². The molecule has 0 saturated carbocycles. The zero-order valence-corrected chi connectivity index (χ0v) is 12.1. The van der Waals surface area contributed by atoms with Gasteiger partial charge in [0, 0.05) is 19.3 Å². The van der Waals surface area contributed by atoms with E-state index in [1.54, 1.807) is 7.11 Å². The second kappa shape index (κ2) is 7.98. The summed E-state index contributed by atoms with van der Waals surface area (Å²) in [4.78, 5) is 2.31. The highest BCUT2D eigenvalue weighted by Crippen LogP contribution is 2.25. The second-order valence-corrected chi connectivity index (χ2v) is 4.58. The standard InChI is InChI=1S/C15H26N2O/c1-5-13-12-14(8-9-15(13)18-4)17(3)11-7-6-10-16-2/h8-9,12,16H,5-7,10-11H2,1-4H3. The fraction of sp³-hybridized carbons (Fsp3) is 0.600. The first kappa shape index (κ1) is 14.8. The van der Waals surface area contributed by atoms with Crippen LogP contribution in [0.5, 0.6) is 5.75 Å². The number of aryl methyl sites for hydroxylation is 1. The molecule has 0 fully saturated rings. The van der Waals surface area contributed by atoms with Gasteiger partial charge < -0.3 is 15.0 Å². The fourth-order valence-corrected chi connectivity index (χ4v) is 2.06. The van der Waals surface area contributed by atoms with Crippen molar-refractivity contribution in [3.8, 4) is 5.75 Å². The zero-order chi connectivity index (χ0) is 13.4. The molecule has 0 aromatic heterocycles. The molecule has 1 aromatic rings. The van der Waals surface area contributed by atoms with Crippen molar-refractivity contribution in [3.63, 3.8) is 0 Å². The van der Waals surface area contributed by atoms with Crippen LogP contribution < -0.4 is 15.0 Å². The van der Waals surface area contributed by atoms with Crippen molar-refractivity contribution in [3.05, 3.63) is 23.8 Å². The van der Waals surface area contributed by atoms with Gasteiger partial charge >= 0.3 is 0 Å². The quantitative estimate of drug-likeness (QED) is 0.718. The first-order valence-corrected chi connectivity index (χ1v) is 6.75. The van der Waals surface area contributed by atoms with E-state index >= 15 is 0 Å². The molecule has 0 amide bonds. The van der Waals surface area contributed by atoms with Crippen LogP contribution in [0.2, 0.25) is 0 Å². The number of nitrogens with zero attached hydrogens (tertiary/aromatic N) is 1. The van der Waals surface area contributed by atoms with E-state index in [0.29, 0.717) is 0 Å². The van der Waals surface area contributed by atoms with Gasteiger partial charge in [0.15, 0.2) is 0 Å². The zero-order valence-electron chi connectivity index (χ0n) is 12.1. The summed E-state index contributed by atoms with van der Waals surface area (Å²) in [6, 6.07) is 6.44. The van der Waals surface area contributed by atoms with Crippen molar-refractivity contribution in [2.24, 2.45) is 0 Å². The van der Waals surface area contributed by atoms with Gasteiger partial charge in [-0.3, -0.25) is 0 Å². The van der Waals surface area contributed by atoms with Crippen molar-refractivity contribution < 1.29 is 4.74 Å². The second-order valence-electron chi connectivity index (χ2n) is 4.58. The Morgan fingerprint density at radius 1 is 1.28 bits per heavy atom. The van der Waals surface area contributed by atoms with Crippen LogP contribution in [0.4, 0.5) is 5.69 Å². The molecule has 0 radical (unpaired) electrons. The van der Waals surface area contributed by atoms with Crippen LogP contribution in [0.25, 0.3) is 0 Å². The molecule has 0 aliphatic heterocycles. The summed E-state index contributed by atoms with van der Waals surface area (Å²) in [6.45, 7) is 4.35. The molecular formula is C15H26N2O. The number of ether oxygens (including phenoxy) is 1. The smallest absolute Gasteiger partial charge is 0.122 e. The summed E-state index contributed by atoms with van der Waals surface area (Å²) in [6.07, 6.45) is 3.44. The number of unbranched alkanes of at least 4 members (excludes halogenated alkanes) is 1. The van der Waals surface area contributed by atoms with Gasteiger partial charge in [0.1, 0.15) is 5.75 Å². The molecule has 18 heavy (non-hydrogen) atoms. The molecule has 0 saturated heterocycles. The van der Waals surface area contributed by atoms with Gasteiger partial charge in [-0.25, -0.2) is 0 Å². The topological polar surface area (TPSA) is 24.5 Å². The molecule has 1 rings (SSSR count). The van der Waals surface area contributed by atoms with E-state index in [2.05, 4.69) is 42.4 Å². The van der Waals surface area contributed by atoms with E-state index < -0.39 is 0 Å². The maximum Gasteiger partial charge on any atom is 0.122 e. The maximum absolute atomic E-state index is 5.36. The molecule has 0 bridgehead atoms. The van der Waals surface area contributed by atoms with E-state index in [0.717, 1.165) is 25.3 Å². The Bertz CT molecular complexity index is 352. The highest BCUT2D eigenvalue weighted by atomic mass is 16.5. The van der Waals surface area contributed by atoms with Gasteiger partial charge in [-0.1, -0.05) is 6.92 Å². The molecule has 0 heterocycles. The summed E-state index contributed by atoms with van der Waals surface area (Å²) in [5, 5.41) is 3.18. The van der Waals surface area contributed by atoms with Crippen molar-refractivity contribution in [2.75, 3.05) is 39.2 Å². The Morgan fingerprint density at radius 3 is 2.67 bits per heavy atom. The Labute approximate surface area is 111 Å². The normalized spacial score (nSPS) is 10.4. The number of nitrogens with one attached hydrogen (secondary N) is 1. The van der Waals surface area contributed by atoms with Crippen LogP contribution >= 0.6 is 0 Å². The summed E-state index contributed by atoms with van der Waals surface area (Å²) < 4.78 is 5.36. The minimum absolute atomic E-state index is 0.991. The molecule has 1 aromatic carbocycles. The lowest BCUT2D eigenvalue weighted by molar-refractivity contribution is 0.410. The number of hydrogen-bond donors (Lipinski definition) is 1. The lowest BCUT2D eigenvalue weighted by Gasteiger charge is -2.21. The lowest BCUT2D eigenvalue weighted by Crippen LogP contribution is -2.20. The molecule has 1 N–H and O–H groups in total. The molecule has 0 unspecified atom stereocenters. The van der Waals surface area contributed by atoms with Gasteiger partial charge in [0.05, 0.1) is 7.11 Å². The monoisotopic (exact) mass is 250 g/mol. The molecule has 102 valence electrons. The molecular weight excluding hydrogens is 224 g/mol. The minimum Gasteiger partial charge on any atom is -0.496 e. The Morgan fingerprint density at radius 2 is 2.06 bits per heavy atom. The predicted octanol–water partition coefficient (Wildman–Crippen LogP) is 2.69. The van der Waals surface area contributed by atoms with E-state index in [-0.39, 0.29) is 0 Å². The van der Waals surface area contributed by atoms with Crippen LogP contribution in [0.1, 0.15) is 25.3 Å². The molecule has 0 aliphatic rings. The van der Waals surface area contributed by atoms with Crippen molar-refractivity contribution in [1.82, 2.24) is 5.32 Å². The average Bonchev–Trinajstić information content (AvgIpc) is 2.42. The first-order chi connectivity index (χ1) is 8.72. The lowest BCUT2D eigenvalue weighted by atomic mass is 10.1. The summed E-state index contributed by atoms with van der Waals surface area (Å²) in [5.41, 5.74) is 2.55. The van der Waals surface area contributed by atoms with Crippen molar-refractivity contribution in [2.45, 2.75) is 26.2 Å². The number of hydrogen-bond acceptors (Lipinski definition) is 3. The van der Waals surface area contributed by atoms with E-state index in [1.165, 1.54) is 24.1 Å². The Kier molecular flexibility index (Phi) is 6.58. The van der Waals surface area contributed by atoms with E-state index in [1.807, 2.05) is 7.05 Å². The average molecular weight is 250 g/mol. The van der Waals surface area contributed by atoms with Crippen LogP contribution in [0.3, 0.4) is 0 Å². The molecule has 3 nitrogen and oxygen atoms in total. The largest absolute Gasteiger partial charge is 0.496 e. The summed E-state index contributed by atoms with van der Waals surface area (Å²) in [5.74, 6) is 0.991. The molecule has 0 atom stereocenters.